The molecule has 1 heterocycles. The van der Waals surface area contributed by atoms with Crippen molar-refractivity contribution in [2.45, 2.75) is 6.92 Å². The van der Waals surface area contributed by atoms with Gasteiger partial charge in [0.15, 0.2) is 6.61 Å². The average molecular weight is 380 g/mol. The zero-order chi connectivity index (χ0) is 17.1. The van der Waals surface area contributed by atoms with Gasteiger partial charge in [0.2, 0.25) is 0 Å². The molecule has 0 bridgehead atoms. The lowest BCUT2D eigenvalue weighted by molar-refractivity contribution is 0.0559. The number of terminal acetylenes is 1. The third kappa shape index (κ3) is 3.32. The van der Waals surface area contributed by atoms with Gasteiger partial charge in [-0.2, -0.15) is 0 Å². The predicted octanol–water partition coefficient (Wildman–Crippen LogP) is 4.76. The van der Waals surface area contributed by atoms with E-state index in [0.29, 0.717) is 5.56 Å². The Hall–Kier alpha value is -2.64. The van der Waals surface area contributed by atoms with Crippen LogP contribution in [0.15, 0.2) is 53.0 Å². The standard InChI is InChI=1S/C20H14BrNO2/c1-3-10-24-20(23)17-12-19(14-6-4-13(2)5-7-14)22-18-9-8-15(21)11-16(17)18/h1,4-9,11-12H,10H2,2H3. The first-order valence-corrected chi connectivity index (χ1v) is 8.16. The van der Waals surface area contributed by atoms with Crippen LogP contribution in [0.25, 0.3) is 22.2 Å². The molecule has 118 valence electrons. The number of aromatic nitrogens is 1. The highest BCUT2D eigenvalue weighted by molar-refractivity contribution is 9.10. The number of esters is 1. The van der Waals surface area contributed by atoms with Crippen LogP contribution >= 0.6 is 15.9 Å². The van der Waals surface area contributed by atoms with Crippen LogP contribution in [0, 0.1) is 19.3 Å². The summed E-state index contributed by atoms with van der Waals surface area (Å²) < 4.78 is 5.98. The van der Waals surface area contributed by atoms with E-state index in [0.717, 1.165) is 32.2 Å². The number of halogens is 1. The molecule has 0 saturated heterocycles. The van der Waals surface area contributed by atoms with Crippen LogP contribution < -0.4 is 0 Å². The zero-order valence-corrected chi connectivity index (χ0v) is 14.6. The molecule has 0 unspecified atom stereocenters. The van der Waals surface area contributed by atoms with Crippen molar-refractivity contribution in [3.05, 3.63) is 64.1 Å². The van der Waals surface area contributed by atoms with Crippen molar-refractivity contribution < 1.29 is 9.53 Å². The fraction of sp³-hybridized carbons (Fsp3) is 0.100. The SMILES string of the molecule is C#CCOC(=O)c1cc(-c2ccc(C)cc2)nc2ccc(Br)cc12. The Balaban J connectivity index is 2.19. The topological polar surface area (TPSA) is 39.2 Å². The number of hydrogen-bond acceptors (Lipinski definition) is 3. The minimum atomic E-state index is -0.452. The summed E-state index contributed by atoms with van der Waals surface area (Å²) in [4.78, 5) is 17.1. The molecule has 0 N–H and O–H groups in total. The van der Waals surface area contributed by atoms with Crippen LogP contribution in [0.2, 0.25) is 0 Å². The van der Waals surface area contributed by atoms with Gasteiger partial charge >= 0.3 is 5.97 Å². The second-order valence-corrected chi connectivity index (χ2v) is 6.28. The van der Waals surface area contributed by atoms with Crippen molar-refractivity contribution in [3.8, 4) is 23.6 Å². The normalized spacial score (nSPS) is 10.4. The Morgan fingerprint density at radius 1 is 1.21 bits per heavy atom. The van der Waals surface area contributed by atoms with E-state index in [4.69, 9.17) is 11.2 Å². The van der Waals surface area contributed by atoms with E-state index in [1.165, 1.54) is 0 Å². The molecule has 0 saturated carbocycles. The van der Waals surface area contributed by atoms with Crippen LogP contribution in [0.5, 0.6) is 0 Å². The molecule has 0 aliphatic carbocycles. The largest absolute Gasteiger partial charge is 0.449 e. The quantitative estimate of drug-likeness (QED) is 0.486. The Morgan fingerprint density at radius 2 is 1.96 bits per heavy atom. The molecule has 1 aromatic heterocycles. The van der Waals surface area contributed by atoms with Gasteiger partial charge in [-0.25, -0.2) is 9.78 Å². The first-order valence-electron chi connectivity index (χ1n) is 7.36. The maximum Gasteiger partial charge on any atom is 0.339 e. The van der Waals surface area contributed by atoms with Crippen molar-refractivity contribution >= 4 is 32.8 Å². The maximum absolute atomic E-state index is 12.4. The molecule has 0 atom stereocenters. The van der Waals surface area contributed by atoms with Crippen LogP contribution in [-0.2, 0) is 4.74 Å². The summed E-state index contributed by atoms with van der Waals surface area (Å²) in [6.45, 7) is 1.97. The van der Waals surface area contributed by atoms with Gasteiger partial charge < -0.3 is 4.74 Å². The molecule has 4 heteroatoms. The number of aryl methyl sites for hydroxylation is 1. The first-order chi connectivity index (χ1) is 11.6. The van der Waals surface area contributed by atoms with Gasteiger partial charge in [0.25, 0.3) is 0 Å². The van der Waals surface area contributed by atoms with E-state index in [1.807, 2.05) is 49.4 Å². The fourth-order valence-electron chi connectivity index (χ4n) is 2.42. The van der Waals surface area contributed by atoms with Crippen molar-refractivity contribution in [2.24, 2.45) is 0 Å². The monoisotopic (exact) mass is 379 g/mol. The van der Waals surface area contributed by atoms with Gasteiger partial charge in [-0.3, -0.25) is 0 Å². The molecule has 0 fully saturated rings. The minimum Gasteiger partial charge on any atom is -0.449 e. The number of pyridine rings is 1. The highest BCUT2D eigenvalue weighted by atomic mass is 79.9. The molecule has 0 radical (unpaired) electrons. The minimum absolute atomic E-state index is 0.0590. The summed E-state index contributed by atoms with van der Waals surface area (Å²) in [5, 5.41) is 0.724. The highest BCUT2D eigenvalue weighted by Gasteiger charge is 2.15. The summed E-state index contributed by atoms with van der Waals surface area (Å²) in [6.07, 6.45) is 5.18. The summed E-state index contributed by atoms with van der Waals surface area (Å²) in [5.74, 6) is 1.86. The Labute approximate surface area is 148 Å². The third-order valence-electron chi connectivity index (χ3n) is 3.62. The van der Waals surface area contributed by atoms with Crippen LogP contribution in [0.3, 0.4) is 0 Å². The number of hydrogen-bond donors (Lipinski definition) is 0. The van der Waals surface area contributed by atoms with Gasteiger partial charge in [-0.05, 0) is 31.2 Å². The number of rotatable bonds is 3. The van der Waals surface area contributed by atoms with Gasteiger partial charge in [0, 0.05) is 15.4 Å². The second kappa shape index (κ2) is 6.86. The Kier molecular flexibility index (Phi) is 4.64. The summed E-state index contributed by atoms with van der Waals surface area (Å²) >= 11 is 3.43. The van der Waals surface area contributed by atoms with Gasteiger partial charge in [-0.15, -0.1) is 6.42 Å². The summed E-state index contributed by atoms with van der Waals surface area (Å²) in [7, 11) is 0. The Bertz CT molecular complexity index is 956. The van der Waals surface area contributed by atoms with Gasteiger partial charge in [-0.1, -0.05) is 51.7 Å². The van der Waals surface area contributed by atoms with Crippen molar-refractivity contribution in [1.29, 1.82) is 0 Å². The van der Waals surface area contributed by atoms with Crippen molar-refractivity contribution in [3.63, 3.8) is 0 Å². The molecular formula is C20H14BrNO2. The lowest BCUT2D eigenvalue weighted by Crippen LogP contribution is -2.07. The molecular weight excluding hydrogens is 366 g/mol. The van der Waals surface area contributed by atoms with Crippen LogP contribution in [0.1, 0.15) is 15.9 Å². The Morgan fingerprint density at radius 3 is 2.67 bits per heavy atom. The van der Waals surface area contributed by atoms with E-state index in [2.05, 4.69) is 26.8 Å². The number of carbonyl (C=O) groups excluding carboxylic acids is 1. The second-order valence-electron chi connectivity index (χ2n) is 5.36. The van der Waals surface area contributed by atoms with E-state index in [-0.39, 0.29) is 6.61 Å². The van der Waals surface area contributed by atoms with Gasteiger partial charge in [0.05, 0.1) is 16.8 Å². The number of nitrogens with zero attached hydrogens (tertiary/aromatic N) is 1. The number of carbonyl (C=O) groups is 1. The number of fused-ring (bicyclic) bond motifs is 1. The van der Waals surface area contributed by atoms with E-state index < -0.39 is 5.97 Å². The molecule has 3 aromatic rings. The summed E-state index contributed by atoms with van der Waals surface area (Å²) in [5.41, 5.74) is 4.00. The zero-order valence-electron chi connectivity index (χ0n) is 13.0. The highest BCUT2D eigenvalue weighted by Crippen LogP contribution is 2.28. The molecule has 0 aliphatic heterocycles. The number of benzene rings is 2. The molecule has 0 amide bonds. The van der Waals surface area contributed by atoms with Crippen molar-refractivity contribution in [2.75, 3.05) is 6.61 Å². The molecule has 24 heavy (non-hydrogen) atoms. The fourth-order valence-corrected chi connectivity index (χ4v) is 2.79. The number of ether oxygens (including phenoxy) is 1. The van der Waals surface area contributed by atoms with Crippen molar-refractivity contribution in [1.82, 2.24) is 4.98 Å². The average Bonchev–Trinajstić information content (AvgIpc) is 2.59. The third-order valence-corrected chi connectivity index (χ3v) is 4.12. The lowest BCUT2D eigenvalue weighted by Gasteiger charge is -2.10. The molecule has 3 nitrogen and oxygen atoms in total. The molecule has 0 spiro atoms. The summed E-state index contributed by atoms with van der Waals surface area (Å²) in [6, 6.07) is 15.4. The van der Waals surface area contributed by atoms with Crippen LogP contribution in [0.4, 0.5) is 0 Å². The van der Waals surface area contributed by atoms with Crippen LogP contribution in [-0.4, -0.2) is 17.6 Å². The maximum atomic E-state index is 12.4. The lowest BCUT2D eigenvalue weighted by atomic mass is 10.0. The van der Waals surface area contributed by atoms with E-state index in [9.17, 15) is 4.79 Å². The van der Waals surface area contributed by atoms with Gasteiger partial charge in [0.1, 0.15) is 0 Å². The first kappa shape index (κ1) is 16.2. The van der Waals surface area contributed by atoms with E-state index >= 15 is 0 Å². The predicted molar refractivity (Wildman–Crippen MR) is 98.7 cm³/mol. The molecule has 0 aliphatic rings. The van der Waals surface area contributed by atoms with E-state index in [1.54, 1.807) is 6.07 Å². The smallest absolute Gasteiger partial charge is 0.339 e. The molecule has 2 aromatic carbocycles. The molecule has 3 rings (SSSR count).